The number of alkyl halides is 1. The van der Waals surface area contributed by atoms with Crippen LogP contribution in [0.4, 0.5) is 4.39 Å². The van der Waals surface area contributed by atoms with Crippen LogP contribution in [-0.2, 0) is 17.2 Å². The smallest absolute Gasteiger partial charge is 0.217 e. The number of imidazole rings is 1. The van der Waals surface area contributed by atoms with Crippen LogP contribution in [0.1, 0.15) is 25.1 Å². The molecule has 0 saturated carbocycles. The fraction of sp³-hybridized carbons (Fsp3) is 0.385. The number of hydrogen-bond acceptors (Lipinski definition) is 2. The van der Waals surface area contributed by atoms with Gasteiger partial charge in [0.15, 0.2) is 0 Å². The molecule has 0 saturated heterocycles. The van der Waals surface area contributed by atoms with Gasteiger partial charge in [-0.25, -0.2) is 9.37 Å². The van der Waals surface area contributed by atoms with Crippen LogP contribution < -0.4 is 5.73 Å². The highest BCUT2D eigenvalue weighted by Crippen LogP contribution is 2.25. The molecule has 20 heavy (non-hydrogen) atoms. The van der Waals surface area contributed by atoms with E-state index in [1.807, 2.05) is 4.57 Å². The first-order valence-electron chi connectivity index (χ1n) is 6.21. The van der Waals surface area contributed by atoms with Crippen LogP contribution in [0.2, 0.25) is 0 Å². The quantitative estimate of drug-likeness (QED) is 0.633. The van der Waals surface area contributed by atoms with E-state index in [1.54, 1.807) is 6.07 Å². The fourth-order valence-corrected chi connectivity index (χ4v) is 2.63. The summed E-state index contributed by atoms with van der Waals surface area (Å²) in [6.45, 7) is 0.671. The van der Waals surface area contributed by atoms with Gasteiger partial charge in [0, 0.05) is 19.0 Å². The number of carbonyl (C=O) groups is 1. The summed E-state index contributed by atoms with van der Waals surface area (Å²) in [6, 6.07) is 3.08. The average Bonchev–Trinajstić information content (AvgIpc) is 2.72. The molecular weight excluding hydrogens is 349 g/mol. The minimum absolute atomic E-state index is 0.254. The number of fused-ring (bicyclic) bond motifs is 1. The van der Waals surface area contributed by atoms with Crippen LogP contribution >= 0.6 is 27.5 Å². The molecule has 2 rings (SSSR count). The van der Waals surface area contributed by atoms with Crippen molar-refractivity contribution in [3.05, 3.63) is 28.2 Å². The van der Waals surface area contributed by atoms with Crippen LogP contribution in [0.25, 0.3) is 11.0 Å². The first-order valence-corrected chi connectivity index (χ1v) is 7.54. The zero-order chi connectivity index (χ0) is 14.7. The normalized spacial score (nSPS) is 11.2. The van der Waals surface area contributed by atoms with Crippen molar-refractivity contribution in [3.8, 4) is 0 Å². The zero-order valence-corrected chi connectivity index (χ0v) is 13.0. The topological polar surface area (TPSA) is 60.9 Å². The molecule has 108 valence electrons. The molecule has 0 aliphatic heterocycles. The lowest BCUT2D eigenvalue weighted by atomic mass is 10.2. The Morgan fingerprint density at radius 1 is 1.45 bits per heavy atom. The second kappa shape index (κ2) is 6.54. The van der Waals surface area contributed by atoms with Crippen molar-refractivity contribution in [2.75, 3.05) is 0 Å². The third-order valence-corrected chi connectivity index (χ3v) is 3.89. The van der Waals surface area contributed by atoms with E-state index in [0.29, 0.717) is 35.2 Å². The van der Waals surface area contributed by atoms with Crippen LogP contribution in [0.5, 0.6) is 0 Å². The Kier molecular flexibility index (Phi) is 4.99. The SMILES string of the molecule is NC(=O)CCCCn1c(CCl)nc2cc(F)c(Br)cc21. The zero-order valence-electron chi connectivity index (χ0n) is 10.7. The summed E-state index contributed by atoms with van der Waals surface area (Å²) in [4.78, 5) is 15.0. The molecule has 0 fully saturated rings. The number of carbonyl (C=O) groups excluding carboxylic acids is 1. The maximum atomic E-state index is 13.5. The molecule has 0 radical (unpaired) electrons. The van der Waals surface area contributed by atoms with Crippen molar-refractivity contribution in [1.29, 1.82) is 0 Å². The number of amides is 1. The van der Waals surface area contributed by atoms with Gasteiger partial charge < -0.3 is 10.3 Å². The lowest BCUT2D eigenvalue weighted by Gasteiger charge is -2.07. The standard InChI is InChI=1S/C13H14BrClFN3O/c14-8-5-11-10(6-9(8)16)18-13(7-15)19(11)4-2-1-3-12(17)20/h5-6H,1-4,7H2,(H2,17,20). The van der Waals surface area contributed by atoms with Crippen molar-refractivity contribution < 1.29 is 9.18 Å². The van der Waals surface area contributed by atoms with Crippen molar-refractivity contribution in [1.82, 2.24) is 9.55 Å². The van der Waals surface area contributed by atoms with E-state index in [2.05, 4.69) is 20.9 Å². The number of benzene rings is 1. The summed E-state index contributed by atoms with van der Waals surface area (Å²) in [6.07, 6.45) is 1.85. The minimum Gasteiger partial charge on any atom is -0.370 e. The van der Waals surface area contributed by atoms with Gasteiger partial charge in [-0.05, 0) is 34.8 Å². The van der Waals surface area contributed by atoms with Gasteiger partial charge in [0.2, 0.25) is 5.91 Å². The molecule has 0 bridgehead atoms. The van der Waals surface area contributed by atoms with E-state index in [1.165, 1.54) is 6.07 Å². The third kappa shape index (κ3) is 3.30. The Morgan fingerprint density at radius 2 is 2.20 bits per heavy atom. The van der Waals surface area contributed by atoms with Gasteiger partial charge in [0.1, 0.15) is 11.6 Å². The van der Waals surface area contributed by atoms with Crippen molar-refractivity contribution >= 4 is 44.5 Å². The minimum atomic E-state index is -0.350. The number of aryl methyl sites for hydroxylation is 1. The van der Waals surface area contributed by atoms with Crippen LogP contribution in [-0.4, -0.2) is 15.5 Å². The molecule has 1 amide bonds. The van der Waals surface area contributed by atoms with Crippen molar-refractivity contribution in [2.45, 2.75) is 31.7 Å². The second-order valence-electron chi connectivity index (χ2n) is 4.49. The lowest BCUT2D eigenvalue weighted by Crippen LogP contribution is -2.10. The van der Waals surface area contributed by atoms with Gasteiger partial charge in [-0.15, -0.1) is 11.6 Å². The van der Waals surface area contributed by atoms with Gasteiger partial charge in [0.05, 0.1) is 21.4 Å². The highest BCUT2D eigenvalue weighted by atomic mass is 79.9. The molecule has 7 heteroatoms. The molecule has 0 spiro atoms. The van der Waals surface area contributed by atoms with Gasteiger partial charge in [0.25, 0.3) is 0 Å². The number of hydrogen-bond donors (Lipinski definition) is 1. The first-order chi connectivity index (χ1) is 9.52. The molecule has 1 aromatic carbocycles. The third-order valence-electron chi connectivity index (χ3n) is 3.04. The average molecular weight is 363 g/mol. The Hall–Kier alpha value is -1.14. The van der Waals surface area contributed by atoms with Gasteiger partial charge in [-0.1, -0.05) is 0 Å². The van der Waals surface area contributed by atoms with Crippen LogP contribution in [0.3, 0.4) is 0 Å². The molecule has 1 heterocycles. The van der Waals surface area contributed by atoms with Gasteiger partial charge in [-0.3, -0.25) is 4.79 Å². The Balaban J connectivity index is 2.25. The predicted molar refractivity (Wildman–Crippen MR) is 80.0 cm³/mol. The van der Waals surface area contributed by atoms with E-state index in [0.717, 1.165) is 11.9 Å². The fourth-order valence-electron chi connectivity index (χ4n) is 2.09. The van der Waals surface area contributed by atoms with Gasteiger partial charge in [-0.2, -0.15) is 0 Å². The number of nitrogens with two attached hydrogens (primary N) is 1. The highest BCUT2D eigenvalue weighted by Gasteiger charge is 2.12. The number of unbranched alkanes of at least 4 members (excludes halogenated alkanes) is 1. The van der Waals surface area contributed by atoms with Gasteiger partial charge >= 0.3 is 0 Å². The maximum Gasteiger partial charge on any atom is 0.217 e. The predicted octanol–water partition coefficient (Wildman–Crippen LogP) is 3.33. The van der Waals surface area contributed by atoms with E-state index in [4.69, 9.17) is 17.3 Å². The summed E-state index contributed by atoms with van der Waals surface area (Å²) in [5, 5.41) is 0. The number of primary amides is 1. The van der Waals surface area contributed by atoms with E-state index < -0.39 is 0 Å². The summed E-state index contributed by atoms with van der Waals surface area (Å²) >= 11 is 9.06. The highest BCUT2D eigenvalue weighted by molar-refractivity contribution is 9.10. The molecule has 0 aliphatic carbocycles. The molecule has 2 N–H and O–H groups in total. The van der Waals surface area contributed by atoms with Crippen molar-refractivity contribution in [2.24, 2.45) is 5.73 Å². The monoisotopic (exact) mass is 361 g/mol. The summed E-state index contributed by atoms with van der Waals surface area (Å²) in [7, 11) is 0. The molecule has 4 nitrogen and oxygen atoms in total. The Morgan fingerprint density at radius 3 is 2.85 bits per heavy atom. The Labute approximate surface area is 129 Å². The van der Waals surface area contributed by atoms with E-state index in [-0.39, 0.29) is 17.6 Å². The summed E-state index contributed by atoms with van der Waals surface area (Å²) in [5.41, 5.74) is 6.51. The number of nitrogens with zero attached hydrogens (tertiary/aromatic N) is 2. The van der Waals surface area contributed by atoms with Crippen molar-refractivity contribution in [3.63, 3.8) is 0 Å². The molecule has 0 unspecified atom stereocenters. The summed E-state index contributed by atoms with van der Waals surface area (Å²) < 4.78 is 15.9. The summed E-state index contributed by atoms with van der Waals surface area (Å²) in [5.74, 6) is 0.294. The number of halogens is 3. The molecular formula is C13H14BrClFN3O. The first kappa shape index (κ1) is 15.3. The Bertz CT molecular complexity index is 644. The molecule has 0 atom stereocenters. The molecule has 0 aliphatic rings. The largest absolute Gasteiger partial charge is 0.370 e. The van der Waals surface area contributed by atoms with E-state index in [9.17, 15) is 9.18 Å². The van der Waals surface area contributed by atoms with Crippen LogP contribution in [0, 0.1) is 5.82 Å². The van der Waals surface area contributed by atoms with Crippen LogP contribution in [0.15, 0.2) is 16.6 Å². The number of aromatic nitrogens is 2. The number of rotatable bonds is 6. The maximum absolute atomic E-state index is 13.5. The molecule has 2 aromatic rings. The van der Waals surface area contributed by atoms with E-state index >= 15 is 0 Å². The molecule has 1 aromatic heterocycles. The lowest BCUT2D eigenvalue weighted by molar-refractivity contribution is -0.118. The second-order valence-corrected chi connectivity index (χ2v) is 5.61.